The van der Waals surface area contributed by atoms with Gasteiger partial charge in [0.1, 0.15) is 5.82 Å². The van der Waals surface area contributed by atoms with Crippen LogP contribution in [-0.2, 0) is 5.41 Å². The van der Waals surface area contributed by atoms with E-state index in [4.69, 9.17) is 15.2 Å². The Kier molecular flexibility index (Phi) is 6.08. The Bertz CT molecular complexity index is 822. The molecule has 2 aromatic rings. The van der Waals surface area contributed by atoms with Crippen LogP contribution in [0, 0.1) is 5.82 Å². The van der Waals surface area contributed by atoms with Crippen molar-refractivity contribution < 1.29 is 13.9 Å². The Morgan fingerprint density at radius 2 is 1.78 bits per heavy atom. The molecule has 1 aliphatic heterocycles. The number of halogens is 2. The number of ether oxygens (including phenoxy) is 2. The van der Waals surface area contributed by atoms with Crippen molar-refractivity contribution >= 4 is 35.6 Å². The number of benzene rings is 2. The lowest BCUT2D eigenvalue weighted by Crippen LogP contribution is -2.25. The predicted octanol–water partition coefficient (Wildman–Crippen LogP) is 4.06. The maximum atomic E-state index is 13.1. The van der Waals surface area contributed by atoms with E-state index in [1.807, 2.05) is 30.3 Å². The van der Waals surface area contributed by atoms with Crippen LogP contribution >= 0.6 is 24.0 Å². The molecular formula is C20H23FIN3O2. The molecule has 0 atom stereocenters. The van der Waals surface area contributed by atoms with Crippen LogP contribution in [0.2, 0.25) is 0 Å². The standard InChI is InChI=1S/C20H22FN3O2.HI/c21-15-4-2-14(3-5-15)20(8-9-20)13-23-19(22)24-16-6-7-17-18(12-16)26-11-1-10-25-17;/h2-7,12H,1,8-11,13H2,(H3,22,23,24);1H. The second-order valence-electron chi connectivity index (χ2n) is 6.83. The van der Waals surface area contributed by atoms with Crippen LogP contribution in [0.3, 0.4) is 0 Å². The van der Waals surface area contributed by atoms with Crippen molar-refractivity contribution in [2.24, 2.45) is 10.7 Å². The highest BCUT2D eigenvalue weighted by Gasteiger charge is 2.44. The van der Waals surface area contributed by atoms with Gasteiger partial charge < -0.3 is 20.5 Å². The lowest BCUT2D eigenvalue weighted by molar-refractivity contribution is 0.297. The van der Waals surface area contributed by atoms with Gasteiger partial charge in [0, 0.05) is 23.6 Å². The molecular weight excluding hydrogens is 460 g/mol. The van der Waals surface area contributed by atoms with Crippen molar-refractivity contribution in [2.75, 3.05) is 25.1 Å². The molecule has 1 saturated carbocycles. The van der Waals surface area contributed by atoms with Gasteiger partial charge in [-0.05, 0) is 42.7 Å². The Morgan fingerprint density at radius 3 is 2.48 bits per heavy atom. The number of guanidine groups is 1. The fraction of sp³-hybridized carbons (Fsp3) is 0.350. The van der Waals surface area contributed by atoms with Gasteiger partial charge in [-0.3, -0.25) is 4.99 Å². The highest BCUT2D eigenvalue weighted by Crippen LogP contribution is 2.48. The van der Waals surface area contributed by atoms with E-state index in [9.17, 15) is 4.39 Å². The number of hydrogen-bond acceptors (Lipinski definition) is 3. The van der Waals surface area contributed by atoms with E-state index in [0.717, 1.165) is 36.3 Å². The quantitative estimate of drug-likeness (QED) is 0.391. The molecule has 4 rings (SSSR count). The molecule has 0 saturated heterocycles. The van der Waals surface area contributed by atoms with Gasteiger partial charge in [-0.15, -0.1) is 24.0 Å². The molecule has 2 aliphatic rings. The Labute approximate surface area is 175 Å². The van der Waals surface area contributed by atoms with Crippen molar-refractivity contribution in [2.45, 2.75) is 24.7 Å². The summed E-state index contributed by atoms with van der Waals surface area (Å²) in [5, 5.41) is 3.11. The summed E-state index contributed by atoms with van der Waals surface area (Å²) in [5.41, 5.74) is 7.97. The highest BCUT2D eigenvalue weighted by atomic mass is 127. The molecule has 0 spiro atoms. The smallest absolute Gasteiger partial charge is 0.193 e. The van der Waals surface area contributed by atoms with Crippen LogP contribution in [0.1, 0.15) is 24.8 Å². The van der Waals surface area contributed by atoms with E-state index < -0.39 is 0 Å². The summed E-state index contributed by atoms with van der Waals surface area (Å²) >= 11 is 0. The van der Waals surface area contributed by atoms with E-state index in [1.165, 1.54) is 12.1 Å². The van der Waals surface area contributed by atoms with Crippen LogP contribution in [0.15, 0.2) is 47.5 Å². The van der Waals surface area contributed by atoms with E-state index in [2.05, 4.69) is 10.3 Å². The minimum absolute atomic E-state index is 0. The Morgan fingerprint density at radius 1 is 1.07 bits per heavy atom. The molecule has 0 bridgehead atoms. The zero-order chi connectivity index (χ0) is 18.0. The molecule has 0 radical (unpaired) electrons. The average Bonchev–Trinajstić information content (AvgIpc) is 3.45. The zero-order valence-electron chi connectivity index (χ0n) is 14.9. The predicted molar refractivity (Wildman–Crippen MR) is 115 cm³/mol. The number of hydrogen-bond donors (Lipinski definition) is 2. The fourth-order valence-electron chi connectivity index (χ4n) is 3.16. The van der Waals surface area contributed by atoms with E-state index in [0.29, 0.717) is 31.5 Å². The lowest BCUT2D eigenvalue weighted by Gasteiger charge is -2.14. The molecule has 27 heavy (non-hydrogen) atoms. The van der Waals surface area contributed by atoms with Crippen molar-refractivity contribution in [3.63, 3.8) is 0 Å². The number of aliphatic imine (C=N–C) groups is 1. The first-order valence-electron chi connectivity index (χ1n) is 8.87. The number of rotatable bonds is 4. The maximum absolute atomic E-state index is 13.1. The number of anilines is 1. The molecule has 7 heteroatoms. The summed E-state index contributed by atoms with van der Waals surface area (Å²) in [7, 11) is 0. The SMILES string of the molecule is I.NC(=NCC1(c2ccc(F)cc2)CC1)Nc1ccc2c(c1)OCCCO2. The summed E-state index contributed by atoms with van der Waals surface area (Å²) in [6.07, 6.45) is 2.95. The van der Waals surface area contributed by atoms with E-state index in [1.54, 1.807) is 0 Å². The summed E-state index contributed by atoms with van der Waals surface area (Å²) in [6.45, 7) is 1.89. The minimum Gasteiger partial charge on any atom is -0.490 e. The van der Waals surface area contributed by atoms with Gasteiger partial charge in [0.2, 0.25) is 0 Å². The van der Waals surface area contributed by atoms with Crippen LogP contribution in [0.4, 0.5) is 10.1 Å². The van der Waals surface area contributed by atoms with Crippen molar-refractivity contribution in [1.29, 1.82) is 0 Å². The summed E-state index contributed by atoms with van der Waals surface area (Å²) in [5.74, 6) is 1.60. The molecule has 2 aromatic carbocycles. The molecule has 0 amide bonds. The molecule has 0 aromatic heterocycles. The Hall–Kier alpha value is -2.03. The van der Waals surface area contributed by atoms with Crippen molar-refractivity contribution in [3.8, 4) is 11.5 Å². The van der Waals surface area contributed by atoms with Gasteiger partial charge in [0.15, 0.2) is 17.5 Å². The molecule has 5 nitrogen and oxygen atoms in total. The highest BCUT2D eigenvalue weighted by molar-refractivity contribution is 14.0. The second kappa shape index (κ2) is 8.33. The maximum Gasteiger partial charge on any atom is 0.193 e. The topological polar surface area (TPSA) is 68.9 Å². The van der Waals surface area contributed by atoms with Gasteiger partial charge in [-0.2, -0.15) is 0 Å². The molecule has 0 unspecified atom stereocenters. The van der Waals surface area contributed by atoms with Crippen LogP contribution in [-0.4, -0.2) is 25.7 Å². The summed E-state index contributed by atoms with van der Waals surface area (Å²) in [6, 6.07) is 12.3. The number of nitrogens with two attached hydrogens (primary N) is 1. The number of nitrogens with zero attached hydrogens (tertiary/aromatic N) is 1. The van der Waals surface area contributed by atoms with Gasteiger partial charge in [0.05, 0.1) is 19.8 Å². The lowest BCUT2D eigenvalue weighted by atomic mass is 9.96. The molecule has 3 N–H and O–H groups in total. The van der Waals surface area contributed by atoms with Crippen molar-refractivity contribution in [3.05, 3.63) is 53.8 Å². The van der Waals surface area contributed by atoms with Crippen LogP contribution in [0.5, 0.6) is 11.5 Å². The van der Waals surface area contributed by atoms with Crippen LogP contribution < -0.4 is 20.5 Å². The molecule has 144 valence electrons. The second-order valence-corrected chi connectivity index (χ2v) is 6.83. The first-order chi connectivity index (χ1) is 12.6. The minimum atomic E-state index is -0.219. The third-order valence-corrected chi connectivity index (χ3v) is 4.88. The monoisotopic (exact) mass is 483 g/mol. The normalized spacial score (nSPS) is 17.4. The first-order valence-corrected chi connectivity index (χ1v) is 8.87. The van der Waals surface area contributed by atoms with Gasteiger partial charge >= 0.3 is 0 Å². The fourth-order valence-corrected chi connectivity index (χ4v) is 3.16. The van der Waals surface area contributed by atoms with E-state index >= 15 is 0 Å². The molecule has 1 aliphatic carbocycles. The third kappa shape index (κ3) is 4.63. The Balaban J connectivity index is 0.00000210. The summed E-state index contributed by atoms with van der Waals surface area (Å²) in [4.78, 5) is 4.50. The number of nitrogens with one attached hydrogen (secondary N) is 1. The first kappa shape index (κ1) is 19.7. The van der Waals surface area contributed by atoms with Gasteiger partial charge in [0.25, 0.3) is 0 Å². The van der Waals surface area contributed by atoms with Gasteiger partial charge in [-0.1, -0.05) is 12.1 Å². The van der Waals surface area contributed by atoms with Gasteiger partial charge in [-0.25, -0.2) is 4.39 Å². The largest absolute Gasteiger partial charge is 0.490 e. The average molecular weight is 483 g/mol. The van der Waals surface area contributed by atoms with Crippen LogP contribution in [0.25, 0.3) is 0 Å². The number of fused-ring (bicyclic) bond motifs is 1. The molecule has 1 fully saturated rings. The summed E-state index contributed by atoms with van der Waals surface area (Å²) < 4.78 is 24.4. The third-order valence-electron chi connectivity index (χ3n) is 4.88. The van der Waals surface area contributed by atoms with E-state index in [-0.39, 0.29) is 35.2 Å². The zero-order valence-corrected chi connectivity index (χ0v) is 17.2. The van der Waals surface area contributed by atoms with Crippen molar-refractivity contribution in [1.82, 2.24) is 0 Å². The molecule has 1 heterocycles.